The summed E-state index contributed by atoms with van der Waals surface area (Å²) in [6, 6.07) is 0. The van der Waals surface area contributed by atoms with Crippen molar-refractivity contribution >= 4 is 17.7 Å². The average molecular weight is 253 g/mol. The smallest absolute Gasteiger partial charge is 0.202 e. The van der Waals surface area contributed by atoms with Crippen LogP contribution in [0.4, 0.5) is 5.95 Å². The van der Waals surface area contributed by atoms with Gasteiger partial charge >= 0.3 is 0 Å². The number of hydrogen-bond donors (Lipinski definition) is 1. The van der Waals surface area contributed by atoms with E-state index in [-0.39, 0.29) is 0 Å². The Morgan fingerprint density at radius 1 is 1.47 bits per heavy atom. The van der Waals surface area contributed by atoms with Gasteiger partial charge in [0.05, 0.1) is 0 Å². The first-order valence-electron chi connectivity index (χ1n) is 6.73. The van der Waals surface area contributed by atoms with Crippen LogP contribution < -0.4 is 5.32 Å². The molecule has 1 saturated heterocycles. The maximum absolute atomic E-state index is 4.40. The molecule has 0 bridgehead atoms. The van der Waals surface area contributed by atoms with Crippen molar-refractivity contribution in [1.82, 2.24) is 9.55 Å². The Morgan fingerprint density at radius 3 is 3.06 bits per heavy atom. The third kappa shape index (κ3) is 3.95. The van der Waals surface area contributed by atoms with Crippen LogP contribution in [0.3, 0.4) is 0 Å². The molecule has 1 aromatic heterocycles. The van der Waals surface area contributed by atoms with Gasteiger partial charge in [-0.1, -0.05) is 13.3 Å². The summed E-state index contributed by atoms with van der Waals surface area (Å²) in [7, 11) is 0. The molecule has 17 heavy (non-hydrogen) atoms. The number of aromatic nitrogens is 2. The molecule has 0 aromatic carbocycles. The van der Waals surface area contributed by atoms with Crippen LogP contribution in [-0.2, 0) is 6.54 Å². The van der Waals surface area contributed by atoms with Gasteiger partial charge in [-0.25, -0.2) is 4.98 Å². The highest BCUT2D eigenvalue weighted by Crippen LogP contribution is 2.24. The van der Waals surface area contributed by atoms with Crippen molar-refractivity contribution in [1.29, 1.82) is 0 Å². The first-order valence-corrected chi connectivity index (χ1v) is 7.88. The van der Waals surface area contributed by atoms with E-state index >= 15 is 0 Å². The molecule has 1 fully saturated rings. The predicted octanol–water partition coefficient (Wildman–Crippen LogP) is 3.24. The molecule has 0 unspecified atom stereocenters. The van der Waals surface area contributed by atoms with Gasteiger partial charge in [-0.3, -0.25) is 0 Å². The van der Waals surface area contributed by atoms with Gasteiger partial charge in [0.2, 0.25) is 5.95 Å². The van der Waals surface area contributed by atoms with Crippen LogP contribution in [0.1, 0.15) is 32.6 Å². The number of imidazole rings is 1. The van der Waals surface area contributed by atoms with Gasteiger partial charge < -0.3 is 9.88 Å². The summed E-state index contributed by atoms with van der Waals surface area (Å²) < 4.78 is 2.29. The molecule has 2 heterocycles. The minimum Gasteiger partial charge on any atom is -0.356 e. The van der Waals surface area contributed by atoms with E-state index in [0.29, 0.717) is 0 Å². The third-order valence-corrected chi connectivity index (χ3v) is 4.37. The Morgan fingerprint density at radius 2 is 2.29 bits per heavy atom. The Labute approximate surface area is 108 Å². The van der Waals surface area contributed by atoms with Gasteiger partial charge in [0.15, 0.2) is 0 Å². The minimum atomic E-state index is 0.845. The second kappa shape index (κ2) is 6.94. The lowest BCUT2D eigenvalue weighted by Crippen LogP contribution is -2.18. The van der Waals surface area contributed by atoms with E-state index in [2.05, 4.69) is 39.8 Å². The Bertz CT molecular complexity index is 318. The van der Waals surface area contributed by atoms with Crippen molar-refractivity contribution < 1.29 is 0 Å². The number of nitrogens with one attached hydrogen (secondary N) is 1. The molecule has 2 rings (SSSR count). The fraction of sp³-hybridized carbons (Fsp3) is 0.769. The SMILES string of the molecule is CCCCNc1nccn1CC1CCSCC1. The van der Waals surface area contributed by atoms with Crippen LogP contribution in [0.25, 0.3) is 0 Å². The van der Waals surface area contributed by atoms with Crippen molar-refractivity contribution in [3.05, 3.63) is 12.4 Å². The van der Waals surface area contributed by atoms with E-state index in [9.17, 15) is 0 Å². The van der Waals surface area contributed by atoms with Crippen LogP contribution in [0, 0.1) is 5.92 Å². The minimum absolute atomic E-state index is 0.845. The first kappa shape index (κ1) is 12.8. The number of thioether (sulfide) groups is 1. The topological polar surface area (TPSA) is 29.9 Å². The third-order valence-electron chi connectivity index (χ3n) is 3.32. The highest BCUT2D eigenvalue weighted by Gasteiger charge is 2.15. The highest BCUT2D eigenvalue weighted by molar-refractivity contribution is 7.99. The molecule has 0 atom stereocenters. The van der Waals surface area contributed by atoms with Crippen LogP contribution >= 0.6 is 11.8 Å². The average Bonchev–Trinajstić information content (AvgIpc) is 2.79. The summed E-state index contributed by atoms with van der Waals surface area (Å²) in [5.74, 6) is 4.56. The van der Waals surface area contributed by atoms with E-state index in [4.69, 9.17) is 0 Å². The summed E-state index contributed by atoms with van der Waals surface area (Å²) in [5.41, 5.74) is 0. The van der Waals surface area contributed by atoms with E-state index in [1.54, 1.807) is 0 Å². The van der Waals surface area contributed by atoms with E-state index in [0.717, 1.165) is 25.0 Å². The quantitative estimate of drug-likeness (QED) is 0.789. The molecule has 1 aromatic rings. The van der Waals surface area contributed by atoms with Crippen molar-refractivity contribution in [3.8, 4) is 0 Å². The van der Waals surface area contributed by atoms with E-state index < -0.39 is 0 Å². The number of anilines is 1. The number of hydrogen-bond acceptors (Lipinski definition) is 3. The molecule has 96 valence electrons. The summed E-state index contributed by atoms with van der Waals surface area (Å²) in [6.07, 6.45) is 9.18. The number of unbranched alkanes of at least 4 members (excludes halogenated alkanes) is 1. The molecule has 4 heteroatoms. The molecule has 0 radical (unpaired) electrons. The zero-order valence-electron chi connectivity index (χ0n) is 10.7. The molecule has 1 aliphatic heterocycles. The molecule has 0 aliphatic carbocycles. The summed E-state index contributed by atoms with van der Waals surface area (Å²) >= 11 is 2.09. The van der Waals surface area contributed by atoms with Crippen LogP contribution in [0.5, 0.6) is 0 Å². The zero-order valence-corrected chi connectivity index (χ0v) is 11.5. The summed E-state index contributed by atoms with van der Waals surface area (Å²) in [6.45, 7) is 4.39. The molecule has 0 spiro atoms. The fourth-order valence-electron chi connectivity index (χ4n) is 2.21. The van der Waals surface area contributed by atoms with E-state index in [1.165, 1.54) is 37.2 Å². The lowest BCUT2D eigenvalue weighted by atomic mass is 10.0. The summed E-state index contributed by atoms with van der Waals surface area (Å²) in [5, 5.41) is 3.43. The second-order valence-corrected chi connectivity index (χ2v) is 5.96. The van der Waals surface area contributed by atoms with E-state index in [1.807, 2.05) is 6.20 Å². The van der Waals surface area contributed by atoms with Crippen molar-refractivity contribution in [2.75, 3.05) is 23.4 Å². The van der Waals surface area contributed by atoms with Crippen molar-refractivity contribution in [2.45, 2.75) is 39.2 Å². The monoisotopic (exact) mass is 253 g/mol. The van der Waals surface area contributed by atoms with Crippen molar-refractivity contribution in [2.24, 2.45) is 5.92 Å². The number of nitrogens with zero attached hydrogens (tertiary/aromatic N) is 2. The lowest BCUT2D eigenvalue weighted by Gasteiger charge is -2.22. The van der Waals surface area contributed by atoms with Gasteiger partial charge in [-0.05, 0) is 36.7 Å². The van der Waals surface area contributed by atoms with Gasteiger partial charge in [0.25, 0.3) is 0 Å². The molecule has 3 nitrogen and oxygen atoms in total. The lowest BCUT2D eigenvalue weighted by molar-refractivity contribution is 0.419. The Balaban J connectivity index is 1.84. The largest absolute Gasteiger partial charge is 0.356 e. The molecule has 1 N–H and O–H groups in total. The molecule has 0 amide bonds. The van der Waals surface area contributed by atoms with Crippen LogP contribution in [0.15, 0.2) is 12.4 Å². The van der Waals surface area contributed by atoms with Gasteiger partial charge in [-0.15, -0.1) is 0 Å². The predicted molar refractivity (Wildman–Crippen MR) is 75.7 cm³/mol. The van der Waals surface area contributed by atoms with Gasteiger partial charge in [-0.2, -0.15) is 11.8 Å². The molecular weight excluding hydrogens is 230 g/mol. The molecular formula is C13H23N3S. The maximum atomic E-state index is 4.40. The Kier molecular flexibility index (Phi) is 5.23. The fourth-order valence-corrected chi connectivity index (χ4v) is 3.41. The summed E-state index contributed by atoms with van der Waals surface area (Å²) in [4.78, 5) is 4.40. The van der Waals surface area contributed by atoms with Crippen molar-refractivity contribution in [3.63, 3.8) is 0 Å². The van der Waals surface area contributed by atoms with Gasteiger partial charge in [0, 0.05) is 25.5 Å². The normalized spacial score (nSPS) is 17.2. The zero-order chi connectivity index (χ0) is 11.9. The van der Waals surface area contributed by atoms with Crippen LogP contribution in [-0.4, -0.2) is 27.6 Å². The molecule has 0 saturated carbocycles. The second-order valence-electron chi connectivity index (χ2n) is 4.74. The molecule has 1 aliphatic rings. The first-order chi connectivity index (χ1) is 8.40. The maximum Gasteiger partial charge on any atom is 0.202 e. The van der Waals surface area contributed by atoms with Crippen LogP contribution in [0.2, 0.25) is 0 Å². The standard InChI is InChI=1S/C13H23N3S/c1-2-3-6-14-13-15-7-8-16(13)11-12-4-9-17-10-5-12/h7-8,12H,2-6,9-11H2,1H3,(H,14,15). The Hall–Kier alpha value is -0.640. The number of rotatable bonds is 6. The highest BCUT2D eigenvalue weighted by atomic mass is 32.2. The van der Waals surface area contributed by atoms with Gasteiger partial charge in [0.1, 0.15) is 0 Å².